The number of aliphatic hydroxyl groups is 1. The summed E-state index contributed by atoms with van der Waals surface area (Å²) < 4.78 is 4.90. The van der Waals surface area contributed by atoms with Crippen LogP contribution in [0.3, 0.4) is 0 Å². The predicted octanol–water partition coefficient (Wildman–Crippen LogP) is 1.28. The van der Waals surface area contributed by atoms with E-state index in [1.165, 1.54) is 0 Å². The lowest BCUT2D eigenvalue weighted by Crippen LogP contribution is -2.12. The van der Waals surface area contributed by atoms with E-state index in [0.717, 1.165) is 12.1 Å². The second-order valence-corrected chi connectivity index (χ2v) is 4.23. The van der Waals surface area contributed by atoms with Crippen LogP contribution in [0.1, 0.15) is 19.8 Å². The third-order valence-electron chi connectivity index (χ3n) is 2.86. The molecule has 0 saturated carbocycles. The Kier molecular flexibility index (Phi) is 3.57. The monoisotopic (exact) mass is 251 g/mol. The zero-order valence-electron chi connectivity index (χ0n) is 10.2. The van der Waals surface area contributed by atoms with Gasteiger partial charge in [-0.15, -0.1) is 0 Å². The number of nitrogens with two attached hydrogens (primary N) is 1. The molecule has 1 heterocycles. The average Bonchev–Trinajstić information content (AvgIpc) is 2.68. The number of H-pyrrole nitrogens is 1. The Morgan fingerprint density at radius 3 is 3.06 bits per heavy atom. The first-order chi connectivity index (χ1) is 8.60. The highest BCUT2D eigenvalue weighted by Crippen LogP contribution is 2.24. The van der Waals surface area contributed by atoms with Crippen molar-refractivity contribution in [3.05, 3.63) is 22.7 Å². The van der Waals surface area contributed by atoms with Crippen molar-refractivity contribution >= 4 is 22.5 Å². The smallest absolute Gasteiger partial charge is 0.408 e. The van der Waals surface area contributed by atoms with Gasteiger partial charge in [0.2, 0.25) is 0 Å². The first-order valence-electron chi connectivity index (χ1n) is 5.94. The summed E-state index contributed by atoms with van der Waals surface area (Å²) in [5.41, 5.74) is 8.13. The zero-order chi connectivity index (χ0) is 13.1. The van der Waals surface area contributed by atoms with E-state index in [4.69, 9.17) is 10.2 Å². The number of aromatic amines is 1. The van der Waals surface area contributed by atoms with E-state index in [1.54, 1.807) is 12.1 Å². The molecular formula is C12H17N3O3. The minimum atomic E-state index is -0.497. The second-order valence-electron chi connectivity index (χ2n) is 4.23. The Hall–Kier alpha value is -1.95. The van der Waals surface area contributed by atoms with Gasteiger partial charge in [-0.05, 0) is 18.9 Å². The van der Waals surface area contributed by atoms with Gasteiger partial charge < -0.3 is 20.6 Å². The lowest BCUT2D eigenvalue weighted by atomic mass is 10.2. The molecule has 18 heavy (non-hydrogen) atoms. The van der Waals surface area contributed by atoms with Crippen molar-refractivity contribution in [2.45, 2.75) is 25.9 Å². The van der Waals surface area contributed by atoms with Gasteiger partial charge in [0.15, 0.2) is 5.58 Å². The normalized spacial score (nSPS) is 12.8. The summed E-state index contributed by atoms with van der Waals surface area (Å²) in [4.78, 5) is 13.6. The number of rotatable bonds is 5. The molecule has 0 saturated heterocycles. The molecule has 1 atom stereocenters. The van der Waals surface area contributed by atoms with E-state index in [2.05, 4.69) is 10.3 Å². The van der Waals surface area contributed by atoms with Crippen LogP contribution < -0.4 is 16.8 Å². The van der Waals surface area contributed by atoms with Crippen molar-refractivity contribution < 1.29 is 9.52 Å². The van der Waals surface area contributed by atoms with Gasteiger partial charge in [-0.25, -0.2) is 4.79 Å². The number of aliphatic hydroxyl groups excluding tert-OH is 1. The van der Waals surface area contributed by atoms with Crippen molar-refractivity contribution in [3.63, 3.8) is 0 Å². The first-order valence-corrected chi connectivity index (χ1v) is 5.94. The SMILES string of the molecule is CCC(O)CCNc1cc2[nH]c(=O)oc2cc1N. The number of nitrogen functional groups attached to an aromatic ring is 1. The van der Waals surface area contributed by atoms with E-state index in [9.17, 15) is 9.90 Å². The molecule has 6 nitrogen and oxygen atoms in total. The number of oxazole rings is 1. The number of aromatic nitrogens is 1. The molecule has 0 amide bonds. The quantitative estimate of drug-likeness (QED) is 0.599. The molecule has 1 aromatic carbocycles. The summed E-state index contributed by atoms with van der Waals surface area (Å²) in [5.74, 6) is -0.497. The van der Waals surface area contributed by atoms with Crippen LogP contribution >= 0.6 is 0 Å². The van der Waals surface area contributed by atoms with Crippen LogP contribution in [0.15, 0.2) is 21.3 Å². The molecule has 0 bridgehead atoms. The van der Waals surface area contributed by atoms with Gasteiger partial charge in [-0.3, -0.25) is 4.98 Å². The van der Waals surface area contributed by atoms with E-state index in [0.29, 0.717) is 29.8 Å². The molecule has 0 fully saturated rings. The highest BCUT2D eigenvalue weighted by molar-refractivity contribution is 5.85. The minimum absolute atomic E-state index is 0.309. The highest BCUT2D eigenvalue weighted by Gasteiger charge is 2.07. The predicted molar refractivity (Wildman–Crippen MR) is 70.7 cm³/mol. The number of nitrogens with one attached hydrogen (secondary N) is 2. The standard InChI is InChI=1S/C12H17N3O3/c1-2-7(16)3-4-14-9-6-10-11(5-8(9)13)18-12(17)15-10/h5-7,14,16H,2-4,13H2,1H3,(H,15,17). The zero-order valence-corrected chi connectivity index (χ0v) is 10.2. The molecular weight excluding hydrogens is 234 g/mol. The van der Waals surface area contributed by atoms with Crippen LogP contribution in [0.2, 0.25) is 0 Å². The minimum Gasteiger partial charge on any atom is -0.408 e. The number of hydrogen-bond acceptors (Lipinski definition) is 5. The van der Waals surface area contributed by atoms with Crippen molar-refractivity contribution in [2.24, 2.45) is 0 Å². The van der Waals surface area contributed by atoms with Gasteiger partial charge in [0, 0.05) is 12.6 Å². The van der Waals surface area contributed by atoms with Crippen molar-refractivity contribution in [2.75, 3.05) is 17.6 Å². The van der Waals surface area contributed by atoms with Crippen LogP contribution in [0.4, 0.5) is 11.4 Å². The Bertz CT molecular complexity index is 588. The Labute approximate surface area is 104 Å². The summed E-state index contributed by atoms with van der Waals surface area (Å²) in [6.45, 7) is 2.55. The summed E-state index contributed by atoms with van der Waals surface area (Å²) in [7, 11) is 0. The summed E-state index contributed by atoms with van der Waals surface area (Å²) in [6, 6.07) is 3.33. The van der Waals surface area contributed by atoms with E-state index in [-0.39, 0.29) is 6.10 Å². The summed E-state index contributed by atoms with van der Waals surface area (Å²) in [5, 5.41) is 12.6. The molecule has 5 N–H and O–H groups in total. The van der Waals surface area contributed by atoms with Gasteiger partial charge in [0.25, 0.3) is 0 Å². The largest absolute Gasteiger partial charge is 0.417 e. The Morgan fingerprint density at radius 2 is 2.33 bits per heavy atom. The first kappa shape index (κ1) is 12.5. The molecule has 1 aromatic heterocycles. The number of benzene rings is 1. The summed E-state index contributed by atoms with van der Waals surface area (Å²) in [6.07, 6.45) is 1.07. The fraction of sp³-hybridized carbons (Fsp3) is 0.417. The molecule has 2 rings (SSSR count). The maximum absolute atomic E-state index is 11.0. The van der Waals surface area contributed by atoms with Gasteiger partial charge in [-0.1, -0.05) is 6.92 Å². The van der Waals surface area contributed by atoms with Gasteiger partial charge >= 0.3 is 5.76 Å². The molecule has 0 aliphatic heterocycles. The molecule has 0 aliphatic carbocycles. The second kappa shape index (κ2) is 5.14. The van der Waals surface area contributed by atoms with E-state index < -0.39 is 5.76 Å². The third kappa shape index (κ3) is 2.65. The fourth-order valence-corrected chi connectivity index (χ4v) is 1.74. The molecule has 98 valence electrons. The molecule has 1 unspecified atom stereocenters. The molecule has 6 heteroatoms. The van der Waals surface area contributed by atoms with Crippen molar-refractivity contribution in [1.82, 2.24) is 4.98 Å². The summed E-state index contributed by atoms with van der Waals surface area (Å²) >= 11 is 0. The topological polar surface area (TPSA) is 104 Å². The molecule has 0 aliphatic rings. The van der Waals surface area contributed by atoms with Crippen molar-refractivity contribution in [1.29, 1.82) is 0 Å². The number of hydrogen-bond donors (Lipinski definition) is 4. The lowest BCUT2D eigenvalue weighted by molar-refractivity contribution is 0.164. The van der Waals surface area contributed by atoms with Crippen LogP contribution in [-0.2, 0) is 0 Å². The van der Waals surface area contributed by atoms with Gasteiger partial charge in [0.1, 0.15) is 0 Å². The molecule has 0 spiro atoms. The molecule has 0 radical (unpaired) electrons. The fourth-order valence-electron chi connectivity index (χ4n) is 1.74. The lowest BCUT2D eigenvalue weighted by Gasteiger charge is -2.11. The average molecular weight is 251 g/mol. The van der Waals surface area contributed by atoms with E-state index >= 15 is 0 Å². The molecule has 2 aromatic rings. The third-order valence-corrected chi connectivity index (χ3v) is 2.86. The Balaban J connectivity index is 2.12. The van der Waals surface area contributed by atoms with Gasteiger partial charge in [-0.2, -0.15) is 0 Å². The maximum Gasteiger partial charge on any atom is 0.417 e. The number of fused-ring (bicyclic) bond motifs is 1. The van der Waals surface area contributed by atoms with E-state index in [1.807, 2.05) is 6.92 Å². The van der Waals surface area contributed by atoms with Crippen LogP contribution in [0.25, 0.3) is 11.1 Å². The Morgan fingerprint density at radius 1 is 1.56 bits per heavy atom. The maximum atomic E-state index is 11.0. The van der Waals surface area contributed by atoms with Crippen molar-refractivity contribution in [3.8, 4) is 0 Å². The van der Waals surface area contributed by atoms with Crippen LogP contribution in [-0.4, -0.2) is 22.7 Å². The van der Waals surface area contributed by atoms with Crippen LogP contribution in [0, 0.1) is 0 Å². The van der Waals surface area contributed by atoms with Crippen LogP contribution in [0.5, 0.6) is 0 Å². The number of anilines is 2. The van der Waals surface area contributed by atoms with Gasteiger partial charge in [0.05, 0.1) is 23.0 Å². The highest BCUT2D eigenvalue weighted by atomic mass is 16.4.